The molecule has 0 radical (unpaired) electrons. The predicted molar refractivity (Wildman–Crippen MR) is 63.7 cm³/mol. The summed E-state index contributed by atoms with van der Waals surface area (Å²) in [5.41, 5.74) is 1.23. The van der Waals surface area contributed by atoms with Crippen molar-refractivity contribution in [3.05, 3.63) is 28.8 Å². The van der Waals surface area contributed by atoms with Crippen molar-refractivity contribution in [2.75, 3.05) is 13.7 Å². The maximum atomic E-state index is 13.5. The molecule has 0 spiro atoms. The van der Waals surface area contributed by atoms with Crippen LogP contribution in [0.3, 0.4) is 0 Å². The summed E-state index contributed by atoms with van der Waals surface area (Å²) in [5, 5.41) is 0. The normalized spacial score (nSPS) is 13.2. The second kappa shape index (κ2) is 4.35. The first-order valence-electron chi connectivity index (χ1n) is 5.03. The van der Waals surface area contributed by atoms with Crippen molar-refractivity contribution in [2.24, 2.45) is 0 Å². The molecule has 0 amide bonds. The molecule has 0 aliphatic carbocycles. The molecule has 1 aromatic heterocycles. The molecule has 3 nitrogen and oxygen atoms in total. The van der Waals surface area contributed by atoms with Crippen molar-refractivity contribution in [3.63, 3.8) is 0 Å². The number of aromatic amines is 1. The van der Waals surface area contributed by atoms with E-state index in [1.54, 1.807) is 13.2 Å². The lowest BCUT2D eigenvalue weighted by atomic mass is 10.3. The van der Waals surface area contributed by atoms with Crippen molar-refractivity contribution >= 4 is 23.3 Å². The number of methoxy groups -OCH3 is 1. The molecule has 16 heavy (non-hydrogen) atoms. The highest BCUT2D eigenvalue weighted by Gasteiger charge is 2.12. The predicted octanol–water partition coefficient (Wildman–Crippen LogP) is 3.05. The topological polar surface area (TPSA) is 29.9 Å². The first-order valence-corrected chi connectivity index (χ1v) is 5.43. The van der Waals surface area contributed by atoms with Gasteiger partial charge in [0.15, 0.2) is 4.77 Å². The van der Waals surface area contributed by atoms with Crippen LogP contribution in [-0.2, 0) is 4.74 Å². The summed E-state index contributed by atoms with van der Waals surface area (Å²) in [6, 6.07) is 5.01. The van der Waals surface area contributed by atoms with Gasteiger partial charge in [0.05, 0.1) is 18.2 Å². The van der Waals surface area contributed by atoms with Gasteiger partial charge in [0.25, 0.3) is 0 Å². The lowest BCUT2D eigenvalue weighted by molar-refractivity contribution is 0.163. The first kappa shape index (κ1) is 11.3. The van der Waals surface area contributed by atoms with Crippen LogP contribution < -0.4 is 0 Å². The van der Waals surface area contributed by atoms with Gasteiger partial charge in [-0.3, -0.25) is 0 Å². The molecule has 0 saturated carbocycles. The van der Waals surface area contributed by atoms with Gasteiger partial charge in [-0.15, -0.1) is 0 Å². The molecule has 0 saturated heterocycles. The van der Waals surface area contributed by atoms with Crippen LogP contribution in [0.25, 0.3) is 11.0 Å². The third-order valence-electron chi connectivity index (χ3n) is 2.55. The number of hydrogen-bond donors (Lipinski definition) is 1. The molecule has 5 heteroatoms. The molecule has 1 atom stereocenters. The van der Waals surface area contributed by atoms with E-state index in [1.807, 2.05) is 17.6 Å². The molecular weight excluding hydrogens is 227 g/mol. The van der Waals surface area contributed by atoms with Gasteiger partial charge in [0, 0.05) is 7.11 Å². The summed E-state index contributed by atoms with van der Waals surface area (Å²) >= 11 is 5.19. The number of nitrogens with zero attached hydrogens (tertiary/aromatic N) is 1. The Hall–Kier alpha value is -1.20. The average molecular weight is 240 g/mol. The highest BCUT2D eigenvalue weighted by Crippen LogP contribution is 2.21. The number of nitrogens with one attached hydrogen (secondary N) is 1. The molecule has 1 N–H and O–H groups in total. The Labute approximate surface area is 97.8 Å². The van der Waals surface area contributed by atoms with Gasteiger partial charge in [-0.1, -0.05) is 6.07 Å². The summed E-state index contributed by atoms with van der Waals surface area (Å²) in [6.07, 6.45) is 0. The van der Waals surface area contributed by atoms with Crippen LogP contribution in [0, 0.1) is 10.6 Å². The highest BCUT2D eigenvalue weighted by molar-refractivity contribution is 7.71. The van der Waals surface area contributed by atoms with E-state index in [1.165, 1.54) is 6.07 Å². The number of para-hydroxylation sites is 1. The minimum absolute atomic E-state index is 0.0769. The lowest BCUT2D eigenvalue weighted by Gasteiger charge is -2.13. The van der Waals surface area contributed by atoms with E-state index in [0.717, 1.165) is 5.52 Å². The zero-order valence-electron chi connectivity index (χ0n) is 9.16. The largest absolute Gasteiger partial charge is 0.383 e. The fourth-order valence-corrected chi connectivity index (χ4v) is 2.25. The highest BCUT2D eigenvalue weighted by atomic mass is 32.1. The Bertz CT molecular complexity index is 561. The van der Waals surface area contributed by atoms with Gasteiger partial charge in [0.2, 0.25) is 0 Å². The molecule has 0 aliphatic heterocycles. The van der Waals surface area contributed by atoms with Gasteiger partial charge < -0.3 is 14.3 Å². The maximum absolute atomic E-state index is 13.5. The Balaban J connectivity index is 2.65. The zero-order valence-corrected chi connectivity index (χ0v) is 9.97. The van der Waals surface area contributed by atoms with E-state index < -0.39 is 0 Å². The quantitative estimate of drug-likeness (QED) is 0.836. The van der Waals surface area contributed by atoms with Crippen molar-refractivity contribution in [3.8, 4) is 0 Å². The second-order valence-corrected chi connectivity index (χ2v) is 4.13. The SMILES string of the molecule is COCC(C)n1c(=S)[nH]c2c(F)cccc21. The molecule has 2 aromatic rings. The fraction of sp³-hybridized carbons (Fsp3) is 0.364. The molecular formula is C11H13FN2OS. The van der Waals surface area contributed by atoms with Gasteiger partial charge in [0.1, 0.15) is 11.3 Å². The standard InChI is InChI=1S/C11H13FN2OS/c1-7(6-15-2)14-9-5-3-4-8(12)10(9)13-11(14)16/h3-5,7H,6H2,1-2H3,(H,13,16). The molecule has 0 aliphatic rings. The minimum Gasteiger partial charge on any atom is -0.383 e. The average Bonchev–Trinajstić information content (AvgIpc) is 2.56. The van der Waals surface area contributed by atoms with Crippen molar-refractivity contribution in [1.82, 2.24) is 9.55 Å². The number of fused-ring (bicyclic) bond motifs is 1. The Kier molecular flexibility index (Phi) is 3.07. The summed E-state index contributed by atoms with van der Waals surface area (Å²) in [6.45, 7) is 2.52. The van der Waals surface area contributed by atoms with Crippen LogP contribution in [0.5, 0.6) is 0 Å². The summed E-state index contributed by atoms with van der Waals surface area (Å²) in [7, 11) is 1.63. The number of rotatable bonds is 3. The minimum atomic E-state index is -0.285. The van der Waals surface area contributed by atoms with Crippen LogP contribution in [0.2, 0.25) is 0 Å². The Morgan fingerprint density at radius 3 is 3.00 bits per heavy atom. The van der Waals surface area contributed by atoms with E-state index in [9.17, 15) is 4.39 Å². The fourth-order valence-electron chi connectivity index (χ4n) is 1.87. The van der Waals surface area contributed by atoms with Crippen molar-refractivity contribution in [1.29, 1.82) is 0 Å². The van der Waals surface area contributed by atoms with Crippen LogP contribution in [0.4, 0.5) is 4.39 Å². The number of benzene rings is 1. The number of ether oxygens (including phenoxy) is 1. The van der Waals surface area contributed by atoms with Crippen LogP contribution in [0.15, 0.2) is 18.2 Å². The summed E-state index contributed by atoms with van der Waals surface area (Å²) in [4.78, 5) is 2.88. The van der Waals surface area contributed by atoms with E-state index >= 15 is 0 Å². The Morgan fingerprint density at radius 1 is 1.56 bits per heavy atom. The molecule has 1 aromatic carbocycles. The lowest BCUT2D eigenvalue weighted by Crippen LogP contribution is -2.10. The first-order chi connectivity index (χ1) is 7.65. The third kappa shape index (κ3) is 1.76. The zero-order chi connectivity index (χ0) is 11.7. The van der Waals surface area contributed by atoms with Crippen molar-refractivity contribution in [2.45, 2.75) is 13.0 Å². The molecule has 0 bridgehead atoms. The van der Waals surface area contributed by atoms with E-state index in [-0.39, 0.29) is 11.9 Å². The van der Waals surface area contributed by atoms with E-state index in [4.69, 9.17) is 17.0 Å². The maximum Gasteiger partial charge on any atom is 0.178 e. The Morgan fingerprint density at radius 2 is 2.31 bits per heavy atom. The number of halogens is 1. The van der Waals surface area contributed by atoms with Crippen LogP contribution in [0.1, 0.15) is 13.0 Å². The number of H-pyrrole nitrogens is 1. The number of hydrogen-bond acceptors (Lipinski definition) is 2. The summed E-state index contributed by atoms with van der Waals surface area (Å²) < 4.78 is 21.0. The van der Waals surface area contributed by atoms with Gasteiger partial charge in [-0.25, -0.2) is 4.39 Å². The second-order valence-electron chi connectivity index (χ2n) is 3.74. The van der Waals surface area contributed by atoms with Crippen LogP contribution >= 0.6 is 12.2 Å². The van der Waals surface area contributed by atoms with E-state index in [2.05, 4.69) is 4.98 Å². The molecule has 1 unspecified atom stereocenters. The molecule has 0 fully saturated rings. The summed E-state index contributed by atoms with van der Waals surface area (Å²) in [5.74, 6) is -0.285. The van der Waals surface area contributed by atoms with Gasteiger partial charge >= 0.3 is 0 Å². The molecule has 1 heterocycles. The number of imidazole rings is 1. The van der Waals surface area contributed by atoms with Gasteiger partial charge in [-0.2, -0.15) is 0 Å². The van der Waals surface area contributed by atoms with E-state index in [0.29, 0.717) is 16.9 Å². The smallest absolute Gasteiger partial charge is 0.178 e. The molecule has 86 valence electrons. The molecule has 2 rings (SSSR count). The van der Waals surface area contributed by atoms with Gasteiger partial charge in [-0.05, 0) is 31.3 Å². The monoisotopic (exact) mass is 240 g/mol. The van der Waals surface area contributed by atoms with Crippen molar-refractivity contribution < 1.29 is 9.13 Å². The third-order valence-corrected chi connectivity index (χ3v) is 2.85. The number of aromatic nitrogens is 2. The van der Waals surface area contributed by atoms with Crippen LogP contribution in [-0.4, -0.2) is 23.3 Å².